The molecule has 11 heavy (non-hydrogen) atoms. The van der Waals surface area contributed by atoms with Crippen LogP contribution >= 0.6 is 0 Å². The van der Waals surface area contributed by atoms with Crippen LogP contribution in [0.1, 0.15) is 5.56 Å². The molecule has 0 bridgehead atoms. The van der Waals surface area contributed by atoms with E-state index in [0.29, 0.717) is 11.3 Å². The molecular weight excluding hydrogens is 140 g/mol. The summed E-state index contributed by atoms with van der Waals surface area (Å²) < 4.78 is 4.91. The minimum atomic E-state index is 0.112. The van der Waals surface area contributed by atoms with E-state index in [9.17, 15) is 5.11 Å². The molecule has 1 aromatic rings. The van der Waals surface area contributed by atoms with E-state index in [1.165, 1.54) is 7.11 Å². The van der Waals surface area contributed by atoms with Gasteiger partial charge in [0, 0.05) is 5.56 Å². The van der Waals surface area contributed by atoms with Crippen LogP contribution in [0.25, 0.3) is 0 Å². The second kappa shape index (κ2) is 3.10. The summed E-state index contributed by atoms with van der Waals surface area (Å²) in [5, 5.41) is 9.23. The molecular formula is C9H9O2. The van der Waals surface area contributed by atoms with Crippen molar-refractivity contribution < 1.29 is 9.84 Å². The van der Waals surface area contributed by atoms with Crippen LogP contribution in [0.2, 0.25) is 0 Å². The van der Waals surface area contributed by atoms with E-state index < -0.39 is 0 Å². The first kappa shape index (κ1) is 7.66. The van der Waals surface area contributed by atoms with Crippen LogP contribution in [0.4, 0.5) is 0 Å². The number of phenols is 1. The summed E-state index contributed by atoms with van der Waals surface area (Å²) in [6, 6.07) is 5.04. The molecule has 0 atom stereocenters. The fraction of sp³-hybridized carbons (Fsp3) is 0.111. The molecule has 0 amide bonds. The Balaban J connectivity index is 3.23. The van der Waals surface area contributed by atoms with Crippen LogP contribution in [0.5, 0.6) is 11.5 Å². The predicted molar refractivity (Wildman–Crippen MR) is 42.6 cm³/mol. The quantitative estimate of drug-likeness (QED) is 0.694. The molecule has 0 aliphatic rings. The largest absolute Gasteiger partial charge is 0.504 e. The van der Waals surface area contributed by atoms with Gasteiger partial charge in [-0.3, -0.25) is 0 Å². The third-order valence-corrected chi connectivity index (χ3v) is 1.39. The SMILES string of the molecule is C=[C]c1cccc(O)c1OC. The number of para-hydroxylation sites is 1. The Hall–Kier alpha value is -1.44. The van der Waals surface area contributed by atoms with Crippen molar-refractivity contribution in [3.63, 3.8) is 0 Å². The topological polar surface area (TPSA) is 29.5 Å². The van der Waals surface area contributed by atoms with Gasteiger partial charge in [-0.2, -0.15) is 0 Å². The zero-order valence-electron chi connectivity index (χ0n) is 6.29. The molecule has 0 spiro atoms. The van der Waals surface area contributed by atoms with Gasteiger partial charge in [-0.05, 0) is 12.1 Å². The zero-order chi connectivity index (χ0) is 8.27. The Labute approximate surface area is 65.7 Å². The minimum Gasteiger partial charge on any atom is -0.504 e. The van der Waals surface area contributed by atoms with E-state index in [-0.39, 0.29) is 5.75 Å². The van der Waals surface area contributed by atoms with Crippen molar-refractivity contribution in [1.82, 2.24) is 0 Å². The standard InChI is InChI=1S/C9H9O2/c1-3-7-5-4-6-8(10)9(7)11-2/h4-6,10H,1H2,2H3. The molecule has 0 saturated heterocycles. The van der Waals surface area contributed by atoms with Crippen LogP contribution in [-0.2, 0) is 0 Å². The van der Waals surface area contributed by atoms with Gasteiger partial charge >= 0.3 is 0 Å². The van der Waals surface area contributed by atoms with Crippen LogP contribution in [-0.4, -0.2) is 12.2 Å². The maximum absolute atomic E-state index is 9.23. The van der Waals surface area contributed by atoms with Gasteiger partial charge in [0.25, 0.3) is 0 Å². The molecule has 57 valence electrons. The molecule has 1 aromatic carbocycles. The molecule has 2 heteroatoms. The fourth-order valence-electron chi connectivity index (χ4n) is 0.879. The van der Waals surface area contributed by atoms with E-state index in [1.54, 1.807) is 18.2 Å². The third-order valence-electron chi connectivity index (χ3n) is 1.39. The number of rotatable bonds is 2. The molecule has 2 nitrogen and oxygen atoms in total. The number of benzene rings is 1. The molecule has 0 saturated carbocycles. The monoisotopic (exact) mass is 149 g/mol. The van der Waals surface area contributed by atoms with E-state index in [2.05, 4.69) is 12.7 Å². The van der Waals surface area contributed by atoms with Gasteiger partial charge < -0.3 is 9.84 Å². The third kappa shape index (κ3) is 1.34. The maximum Gasteiger partial charge on any atom is 0.168 e. The van der Waals surface area contributed by atoms with Gasteiger partial charge in [0.15, 0.2) is 11.5 Å². The predicted octanol–water partition coefficient (Wildman–Crippen LogP) is 1.74. The van der Waals surface area contributed by atoms with Crippen LogP contribution in [0.15, 0.2) is 24.8 Å². The van der Waals surface area contributed by atoms with Crippen LogP contribution < -0.4 is 4.74 Å². The summed E-state index contributed by atoms with van der Waals surface area (Å²) >= 11 is 0. The Morgan fingerprint density at radius 3 is 2.73 bits per heavy atom. The average molecular weight is 149 g/mol. The molecule has 1 N–H and O–H groups in total. The Morgan fingerprint density at radius 2 is 2.27 bits per heavy atom. The summed E-state index contributed by atoms with van der Waals surface area (Å²) in [5.41, 5.74) is 0.674. The number of hydrogen-bond donors (Lipinski definition) is 1. The highest BCUT2D eigenvalue weighted by Gasteiger charge is 2.03. The van der Waals surface area contributed by atoms with Gasteiger partial charge in [0.1, 0.15) is 0 Å². The fourth-order valence-corrected chi connectivity index (χ4v) is 0.879. The van der Waals surface area contributed by atoms with Crippen molar-refractivity contribution in [3.05, 3.63) is 36.4 Å². The number of hydrogen-bond acceptors (Lipinski definition) is 2. The molecule has 1 rings (SSSR count). The summed E-state index contributed by atoms with van der Waals surface area (Å²) in [7, 11) is 1.50. The summed E-state index contributed by atoms with van der Waals surface area (Å²) in [5.74, 6) is 0.531. The van der Waals surface area contributed by atoms with Gasteiger partial charge in [0.05, 0.1) is 7.11 Å². The van der Waals surface area contributed by atoms with Crippen molar-refractivity contribution in [2.75, 3.05) is 7.11 Å². The van der Waals surface area contributed by atoms with Crippen LogP contribution in [0, 0.1) is 6.08 Å². The molecule has 0 unspecified atom stereocenters. The highest BCUT2D eigenvalue weighted by atomic mass is 16.5. The average Bonchev–Trinajstić information content (AvgIpc) is 2.04. The van der Waals surface area contributed by atoms with Crippen molar-refractivity contribution in [1.29, 1.82) is 0 Å². The molecule has 0 aliphatic carbocycles. The Morgan fingerprint density at radius 1 is 1.55 bits per heavy atom. The summed E-state index contributed by atoms with van der Waals surface area (Å²) in [6.45, 7) is 3.46. The molecule has 1 radical (unpaired) electrons. The zero-order valence-corrected chi connectivity index (χ0v) is 6.29. The van der Waals surface area contributed by atoms with E-state index in [0.717, 1.165) is 0 Å². The lowest BCUT2D eigenvalue weighted by Gasteiger charge is -2.04. The lowest BCUT2D eigenvalue weighted by molar-refractivity contribution is 0.372. The second-order valence-electron chi connectivity index (χ2n) is 2.03. The summed E-state index contributed by atoms with van der Waals surface area (Å²) in [4.78, 5) is 0. The van der Waals surface area contributed by atoms with Crippen molar-refractivity contribution in [2.45, 2.75) is 0 Å². The summed E-state index contributed by atoms with van der Waals surface area (Å²) in [6.07, 6.45) is 2.65. The van der Waals surface area contributed by atoms with E-state index >= 15 is 0 Å². The van der Waals surface area contributed by atoms with Crippen molar-refractivity contribution in [2.24, 2.45) is 0 Å². The first-order valence-corrected chi connectivity index (χ1v) is 3.18. The smallest absolute Gasteiger partial charge is 0.168 e. The van der Waals surface area contributed by atoms with Crippen molar-refractivity contribution >= 4 is 0 Å². The lowest BCUT2D eigenvalue weighted by Crippen LogP contribution is -1.87. The lowest BCUT2D eigenvalue weighted by atomic mass is 10.2. The maximum atomic E-state index is 9.23. The molecule has 0 aliphatic heterocycles. The molecule has 0 fully saturated rings. The normalized spacial score (nSPS) is 9.18. The number of phenolic OH excluding ortho intramolecular Hbond substituents is 1. The molecule has 0 heterocycles. The number of ether oxygens (including phenoxy) is 1. The number of aromatic hydroxyl groups is 1. The number of methoxy groups -OCH3 is 1. The Bertz CT molecular complexity index is 266. The van der Waals surface area contributed by atoms with E-state index in [4.69, 9.17) is 4.74 Å². The van der Waals surface area contributed by atoms with Gasteiger partial charge in [-0.15, -0.1) is 0 Å². The van der Waals surface area contributed by atoms with E-state index in [1.807, 2.05) is 0 Å². The highest BCUT2D eigenvalue weighted by Crippen LogP contribution is 2.28. The van der Waals surface area contributed by atoms with Gasteiger partial charge in [-0.1, -0.05) is 18.7 Å². The van der Waals surface area contributed by atoms with Gasteiger partial charge in [-0.25, -0.2) is 0 Å². The Kier molecular flexibility index (Phi) is 2.16. The van der Waals surface area contributed by atoms with Gasteiger partial charge in [0.2, 0.25) is 0 Å². The first-order valence-electron chi connectivity index (χ1n) is 3.18. The first-order chi connectivity index (χ1) is 5.29. The highest BCUT2D eigenvalue weighted by molar-refractivity contribution is 5.47. The van der Waals surface area contributed by atoms with Crippen LogP contribution in [0.3, 0.4) is 0 Å². The molecule has 0 aromatic heterocycles. The minimum absolute atomic E-state index is 0.112. The second-order valence-corrected chi connectivity index (χ2v) is 2.03. The van der Waals surface area contributed by atoms with Crippen molar-refractivity contribution in [3.8, 4) is 11.5 Å².